The molecule has 1 aliphatic heterocycles. The Kier molecular flexibility index (Phi) is 5.90. The van der Waals surface area contributed by atoms with Crippen molar-refractivity contribution in [3.63, 3.8) is 0 Å². The first-order valence-electron chi connectivity index (χ1n) is 9.49. The minimum atomic E-state index is -0.745. The maximum Gasteiger partial charge on any atom is 0.277 e. The van der Waals surface area contributed by atoms with Crippen molar-refractivity contribution in [3.05, 3.63) is 61.6 Å². The van der Waals surface area contributed by atoms with E-state index in [1.807, 2.05) is 26.8 Å². The van der Waals surface area contributed by atoms with Crippen LogP contribution in [0, 0.1) is 27.2 Å². The number of carbonyl (C=O) groups excluding carboxylic acids is 1. The molecule has 1 saturated heterocycles. The van der Waals surface area contributed by atoms with Crippen molar-refractivity contribution in [3.8, 4) is 0 Å². The van der Waals surface area contributed by atoms with Crippen LogP contribution in [0.2, 0.25) is 0 Å². The van der Waals surface area contributed by atoms with Crippen molar-refractivity contribution >= 4 is 23.1 Å². The molecule has 0 spiro atoms. The Labute approximate surface area is 172 Å². The molecule has 1 aliphatic rings. The van der Waals surface area contributed by atoms with Gasteiger partial charge in [0.2, 0.25) is 0 Å². The summed E-state index contributed by atoms with van der Waals surface area (Å²) < 4.78 is 0. The standard InChI is InChI=1S/C19H22N6O5/c1-12(2)18-20-13(3)8-17(21-18)22-4-6-23(7-5-22)19(26)14-9-15(24(27)28)11-16(10-14)25(29)30/h8-12H,4-7H2,1-3H3. The number of non-ortho nitro benzene ring substituents is 2. The van der Waals surface area contributed by atoms with Crippen molar-refractivity contribution in [1.82, 2.24) is 14.9 Å². The molecule has 158 valence electrons. The molecule has 0 unspecified atom stereocenters. The molecule has 3 rings (SSSR count). The first kappa shape index (κ1) is 21.1. The van der Waals surface area contributed by atoms with Gasteiger partial charge in [0.1, 0.15) is 11.6 Å². The maximum absolute atomic E-state index is 12.8. The van der Waals surface area contributed by atoms with Crippen molar-refractivity contribution < 1.29 is 14.6 Å². The molecule has 30 heavy (non-hydrogen) atoms. The van der Waals surface area contributed by atoms with E-state index < -0.39 is 27.1 Å². The maximum atomic E-state index is 12.8. The number of aromatic nitrogens is 2. The molecule has 0 radical (unpaired) electrons. The molecule has 0 bridgehead atoms. The van der Waals surface area contributed by atoms with Gasteiger partial charge >= 0.3 is 0 Å². The lowest BCUT2D eigenvalue weighted by Crippen LogP contribution is -2.49. The second-order valence-corrected chi connectivity index (χ2v) is 7.41. The summed E-state index contributed by atoms with van der Waals surface area (Å²) in [6.07, 6.45) is 0. The molecule has 11 heteroatoms. The highest BCUT2D eigenvalue weighted by Gasteiger charge is 2.27. The molecule has 11 nitrogen and oxygen atoms in total. The van der Waals surface area contributed by atoms with Crippen LogP contribution in [0.5, 0.6) is 0 Å². The Bertz CT molecular complexity index is 969. The van der Waals surface area contributed by atoms with E-state index in [2.05, 4.69) is 14.9 Å². The Hall–Kier alpha value is -3.63. The molecule has 0 saturated carbocycles. The number of amides is 1. The van der Waals surface area contributed by atoms with E-state index in [9.17, 15) is 25.0 Å². The molecular weight excluding hydrogens is 392 g/mol. The van der Waals surface area contributed by atoms with Gasteiger partial charge in [-0.1, -0.05) is 13.8 Å². The Balaban J connectivity index is 1.76. The molecule has 0 N–H and O–H groups in total. The molecule has 0 aliphatic carbocycles. The monoisotopic (exact) mass is 414 g/mol. The minimum Gasteiger partial charge on any atom is -0.353 e. The highest BCUT2D eigenvalue weighted by atomic mass is 16.6. The predicted octanol–water partition coefficient (Wildman–Crippen LogP) is 2.69. The number of nitro benzene ring substituents is 2. The number of hydrogen-bond acceptors (Lipinski definition) is 8. The SMILES string of the molecule is Cc1cc(N2CCN(C(=O)c3cc([N+](=O)[O-])cc([N+](=O)[O-])c3)CC2)nc(C(C)C)n1. The third-order valence-corrected chi connectivity index (χ3v) is 4.84. The van der Waals surface area contributed by atoms with E-state index in [-0.39, 0.29) is 11.5 Å². The number of hydrogen-bond donors (Lipinski definition) is 0. The van der Waals surface area contributed by atoms with Crippen LogP contribution in [0.3, 0.4) is 0 Å². The molecule has 1 amide bonds. The quantitative estimate of drug-likeness (QED) is 0.538. The largest absolute Gasteiger partial charge is 0.353 e. The lowest BCUT2D eigenvalue weighted by molar-refractivity contribution is -0.394. The van der Waals surface area contributed by atoms with Gasteiger partial charge in [-0.15, -0.1) is 0 Å². The molecule has 1 aromatic heterocycles. The highest BCUT2D eigenvalue weighted by Crippen LogP contribution is 2.25. The first-order chi connectivity index (χ1) is 14.2. The number of piperazine rings is 1. The van der Waals surface area contributed by atoms with Crippen LogP contribution < -0.4 is 4.90 Å². The highest BCUT2D eigenvalue weighted by molar-refractivity contribution is 5.95. The Morgan fingerprint density at radius 3 is 2.03 bits per heavy atom. The van der Waals surface area contributed by atoms with Crippen LogP contribution >= 0.6 is 0 Å². The molecule has 2 heterocycles. The van der Waals surface area contributed by atoms with Crippen molar-refractivity contribution in [2.24, 2.45) is 0 Å². The van der Waals surface area contributed by atoms with Gasteiger partial charge in [0.15, 0.2) is 0 Å². The van der Waals surface area contributed by atoms with Gasteiger partial charge in [-0.3, -0.25) is 25.0 Å². The van der Waals surface area contributed by atoms with Crippen LogP contribution in [0.15, 0.2) is 24.3 Å². The minimum absolute atomic E-state index is 0.0654. The number of carbonyl (C=O) groups is 1. The molecule has 0 atom stereocenters. The van der Waals surface area contributed by atoms with Crippen LogP contribution in [-0.4, -0.2) is 56.8 Å². The second-order valence-electron chi connectivity index (χ2n) is 7.41. The van der Waals surface area contributed by atoms with Crippen LogP contribution in [0.25, 0.3) is 0 Å². The third kappa shape index (κ3) is 4.50. The van der Waals surface area contributed by atoms with Crippen LogP contribution in [0.1, 0.15) is 41.6 Å². The summed E-state index contributed by atoms with van der Waals surface area (Å²) in [6.45, 7) is 7.74. The van der Waals surface area contributed by atoms with Gasteiger partial charge in [0, 0.05) is 56.0 Å². The van der Waals surface area contributed by atoms with Gasteiger partial charge in [-0.25, -0.2) is 9.97 Å². The molecular formula is C19H22N6O5. The van der Waals surface area contributed by atoms with Crippen LogP contribution in [-0.2, 0) is 0 Å². The fraction of sp³-hybridized carbons (Fsp3) is 0.421. The average molecular weight is 414 g/mol. The zero-order chi connectivity index (χ0) is 22.0. The van der Waals surface area contributed by atoms with Gasteiger partial charge in [-0.2, -0.15) is 0 Å². The Morgan fingerprint density at radius 2 is 1.53 bits per heavy atom. The lowest BCUT2D eigenvalue weighted by Gasteiger charge is -2.35. The summed E-state index contributed by atoms with van der Waals surface area (Å²) >= 11 is 0. The third-order valence-electron chi connectivity index (χ3n) is 4.84. The van der Waals surface area contributed by atoms with E-state index >= 15 is 0 Å². The lowest BCUT2D eigenvalue weighted by atomic mass is 10.1. The molecule has 1 fully saturated rings. The van der Waals surface area contributed by atoms with E-state index in [1.54, 1.807) is 0 Å². The zero-order valence-corrected chi connectivity index (χ0v) is 16.9. The summed E-state index contributed by atoms with van der Waals surface area (Å²) in [5, 5.41) is 22.1. The van der Waals surface area contributed by atoms with Crippen LogP contribution in [0.4, 0.5) is 17.2 Å². The van der Waals surface area contributed by atoms with Crippen molar-refractivity contribution in [2.45, 2.75) is 26.7 Å². The summed E-state index contributed by atoms with van der Waals surface area (Å²) in [4.78, 5) is 46.1. The number of rotatable bonds is 5. The smallest absolute Gasteiger partial charge is 0.277 e. The number of nitro groups is 2. The topological polar surface area (TPSA) is 136 Å². The normalized spacial score (nSPS) is 14.1. The summed E-state index contributed by atoms with van der Waals surface area (Å²) in [5.41, 5.74) is -0.164. The van der Waals surface area contributed by atoms with E-state index in [0.29, 0.717) is 26.2 Å². The Morgan fingerprint density at radius 1 is 0.967 bits per heavy atom. The molecule has 1 aromatic carbocycles. The number of anilines is 1. The average Bonchev–Trinajstić information content (AvgIpc) is 2.72. The molecule has 2 aromatic rings. The fourth-order valence-corrected chi connectivity index (χ4v) is 3.25. The summed E-state index contributed by atoms with van der Waals surface area (Å²) in [7, 11) is 0. The zero-order valence-electron chi connectivity index (χ0n) is 16.9. The van der Waals surface area contributed by atoms with E-state index in [1.165, 1.54) is 4.90 Å². The van der Waals surface area contributed by atoms with Gasteiger partial charge in [0.25, 0.3) is 17.3 Å². The van der Waals surface area contributed by atoms with Gasteiger partial charge in [-0.05, 0) is 6.92 Å². The fourth-order valence-electron chi connectivity index (χ4n) is 3.25. The summed E-state index contributed by atoms with van der Waals surface area (Å²) in [5.74, 6) is 1.27. The van der Waals surface area contributed by atoms with Crippen molar-refractivity contribution in [2.75, 3.05) is 31.1 Å². The van der Waals surface area contributed by atoms with Gasteiger partial charge < -0.3 is 9.80 Å². The number of nitrogens with zero attached hydrogens (tertiary/aromatic N) is 6. The van der Waals surface area contributed by atoms with Crippen molar-refractivity contribution in [1.29, 1.82) is 0 Å². The van der Waals surface area contributed by atoms with Gasteiger partial charge in [0.05, 0.1) is 21.5 Å². The second kappa shape index (κ2) is 8.39. The number of benzene rings is 1. The summed E-state index contributed by atoms with van der Waals surface area (Å²) in [6, 6.07) is 4.89. The predicted molar refractivity (Wildman–Crippen MR) is 109 cm³/mol. The first-order valence-corrected chi connectivity index (χ1v) is 9.49. The van der Waals surface area contributed by atoms with E-state index in [0.717, 1.165) is 35.5 Å². The number of aryl methyl sites for hydroxylation is 1. The van der Waals surface area contributed by atoms with E-state index in [4.69, 9.17) is 0 Å².